The second kappa shape index (κ2) is 12.8. The highest BCUT2D eigenvalue weighted by atomic mass is 127. The Morgan fingerprint density at radius 1 is 1.28 bits per heavy atom. The topological polar surface area (TPSA) is 58.1 Å². The fourth-order valence-corrected chi connectivity index (χ4v) is 5.10. The first kappa shape index (κ1) is 25.3. The quantitative estimate of drug-likeness (QED) is 0.281. The molecule has 6 nitrogen and oxygen atoms in total. The van der Waals surface area contributed by atoms with Crippen LogP contribution in [0.4, 0.5) is 0 Å². The van der Waals surface area contributed by atoms with Crippen LogP contribution in [0.15, 0.2) is 40.7 Å². The minimum atomic E-state index is 0. The van der Waals surface area contributed by atoms with Crippen LogP contribution >= 0.6 is 35.3 Å². The molecule has 0 bridgehead atoms. The van der Waals surface area contributed by atoms with Gasteiger partial charge >= 0.3 is 0 Å². The van der Waals surface area contributed by atoms with Crippen LogP contribution in [0.25, 0.3) is 0 Å². The second-order valence-electron chi connectivity index (χ2n) is 8.30. The van der Waals surface area contributed by atoms with Crippen molar-refractivity contribution in [3.05, 3.63) is 51.7 Å². The van der Waals surface area contributed by atoms with Gasteiger partial charge in [-0.1, -0.05) is 18.2 Å². The number of guanidine groups is 1. The van der Waals surface area contributed by atoms with Gasteiger partial charge in [0, 0.05) is 37.0 Å². The zero-order valence-electron chi connectivity index (χ0n) is 19.0. The summed E-state index contributed by atoms with van der Waals surface area (Å²) < 4.78 is 11.7. The van der Waals surface area contributed by atoms with Gasteiger partial charge in [0.2, 0.25) is 0 Å². The van der Waals surface area contributed by atoms with Crippen LogP contribution < -0.4 is 15.4 Å². The number of rotatable bonds is 8. The van der Waals surface area contributed by atoms with Gasteiger partial charge in [0.1, 0.15) is 11.9 Å². The number of aryl methyl sites for hydroxylation is 1. The summed E-state index contributed by atoms with van der Waals surface area (Å²) >= 11 is 1.84. The molecule has 0 amide bonds. The molecule has 1 aromatic carbocycles. The molecule has 8 heteroatoms. The Morgan fingerprint density at radius 3 is 2.81 bits per heavy atom. The number of aliphatic imine (C=N–C) groups is 1. The van der Waals surface area contributed by atoms with Gasteiger partial charge < -0.3 is 20.1 Å². The number of benzene rings is 1. The summed E-state index contributed by atoms with van der Waals surface area (Å²) in [5.74, 6) is 1.75. The summed E-state index contributed by atoms with van der Waals surface area (Å²) in [6.45, 7) is 7.40. The van der Waals surface area contributed by atoms with E-state index in [-0.39, 0.29) is 30.1 Å². The average Bonchev–Trinajstić information content (AvgIpc) is 3.56. The van der Waals surface area contributed by atoms with E-state index in [1.54, 1.807) is 0 Å². The van der Waals surface area contributed by atoms with Crippen molar-refractivity contribution in [1.82, 2.24) is 15.5 Å². The molecule has 2 aliphatic rings. The van der Waals surface area contributed by atoms with Crippen LogP contribution in [0.1, 0.15) is 41.3 Å². The highest BCUT2D eigenvalue weighted by molar-refractivity contribution is 14.0. The predicted octanol–water partition coefficient (Wildman–Crippen LogP) is 4.34. The molecule has 2 fully saturated rings. The Kier molecular flexibility index (Phi) is 10.1. The van der Waals surface area contributed by atoms with E-state index in [4.69, 9.17) is 9.47 Å². The Balaban J connectivity index is 0.00000289. The average molecular weight is 571 g/mol. The Morgan fingerprint density at radius 2 is 2.12 bits per heavy atom. The van der Waals surface area contributed by atoms with Gasteiger partial charge in [-0.25, -0.2) is 0 Å². The largest absolute Gasteiger partial charge is 0.488 e. The molecule has 176 valence electrons. The number of nitrogens with zero attached hydrogens (tertiary/aromatic N) is 2. The number of hydrogen-bond acceptors (Lipinski definition) is 5. The van der Waals surface area contributed by atoms with Crippen molar-refractivity contribution in [1.29, 1.82) is 0 Å². The number of thiophene rings is 1. The van der Waals surface area contributed by atoms with Gasteiger partial charge in [-0.2, -0.15) is 0 Å². The third-order valence-electron chi connectivity index (χ3n) is 5.99. The molecule has 4 rings (SSSR count). The molecule has 2 unspecified atom stereocenters. The van der Waals surface area contributed by atoms with E-state index in [1.165, 1.54) is 36.4 Å². The molecule has 0 saturated carbocycles. The van der Waals surface area contributed by atoms with Crippen LogP contribution in [0, 0.1) is 6.92 Å². The molecule has 2 N–H and O–H groups in total. The van der Waals surface area contributed by atoms with Gasteiger partial charge in [-0.05, 0) is 55.9 Å². The zero-order chi connectivity index (χ0) is 21.5. The second-order valence-corrected chi connectivity index (χ2v) is 9.27. The predicted molar refractivity (Wildman–Crippen MR) is 143 cm³/mol. The summed E-state index contributed by atoms with van der Waals surface area (Å²) in [6, 6.07) is 11.2. The van der Waals surface area contributed by atoms with Crippen LogP contribution in [0.5, 0.6) is 5.75 Å². The molecule has 2 atom stereocenters. The monoisotopic (exact) mass is 570 g/mol. The van der Waals surface area contributed by atoms with Crippen molar-refractivity contribution in [2.75, 3.05) is 39.9 Å². The smallest absolute Gasteiger partial charge is 0.191 e. The van der Waals surface area contributed by atoms with Crippen LogP contribution in [0.2, 0.25) is 0 Å². The molecule has 3 heterocycles. The number of hydrogen-bond donors (Lipinski definition) is 2. The maximum Gasteiger partial charge on any atom is 0.191 e. The lowest BCUT2D eigenvalue weighted by Crippen LogP contribution is -2.42. The molecular weight excluding hydrogens is 535 g/mol. The van der Waals surface area contributed by atoms with E-state index in [0.717, 1.165) is 36.8 Å². The van der Waals surface area contributed by atoms with Crippen LogP contribution in [-0.4, -0.2) is 56.9 Å². The molecule has 0 radical (unpaired) electrons. The molecule has 32 heavy (non-hydrogen) atoms. The Hall–Kier alpha value is -1.36. The first-order valence-corrected chi connectivity index (χ1v) is 12.2. The zero-order valence-corrected chi connectivity index (χ0v) is 22.2. The summed E-state index contributed by atoms with van der Waals surface area (Å²) in [5.41, 5.74) is 2.33. The summed E-state index contributed by atoms with van der Waals surface area (Å²) in [7, 11) is 1.83. The molecule has 0 aliphatic carbocycles. The molecule has 2 saturated heterocycles. The van der Waals surface area contributed by atoms with Gasteiger partial charge in [-0.3, -0.25) is 9.89 Å². The third-order valence-corrected chi connectivity index (χ3v) is 6.96. The fraction of sp³-hybridized carbons (Fsp3) is 0.542. The summed E-state index contributed by atoms with van der Waals surface area (Å²) in [6.07, 6.45) is 3.67. The van der Waals surface area contributed by atoms with E-state index >= 15 is 0 Å². The minimum Gasteiger partial charge on any atom is -0.488 e. The molecular formula is C24H35IN4O2S. The highest BCUT2D eigenvalue weighted by Crippen LogP contribution is 2.28. The maximum atomic E-state index is 6.24. The van der Waals surface area contributed by atoms with Crippen molar-refractivity contribution >= 4 is 41.3 Å². The standard InChI is InChI=1S/C24H34N4O2S.HI/c1-18-7-8-19(22(14-18)30-20-9-12-29-17-20)15-26-24(25-2)27-16-21(23-6-5-13-31-23)28-10-3-4-11-28;/h5-8,13-14,20-21H,3-4,9-12,15-17H2,1-2H3,(H2,25,26,27);1H. The van der Waals surface area contributed by atoms with Crippen molar-refractivity contribution in [2.45, 2.75) is 44.9 Å². The first-order valence-electron chi connectivity index (χ1n) is 11.3. The van der Waals surface area contributed by atoms with E-state index in [1.807, 2.05) is 18.4 Å². The third kappa shape index (κ3) is 6.82. The fourth-order valence-electron chi connectivity index (χ4n) is 4.24. The van der Waals surface area contributed by atoms with Gasteiger partial charge in [0.15, 0.2) is 5.96 Å². The van der Waals surface area contributed by atoms with Crippen molar-refractivity contribution in [3.63, 3.8) is 0 Å². The van der Waals surface area contributed by atoms with E-state index in [9.17, 15) is 0 Å². The van der Waals surface area contributed by atoms with E-state index in [0.29, 0.717) is 19.2 Å². The van der Waals surface area contributed by atoms with Gasteiger partial charge in [0.05, 0.1) is 19.3 Å². The van der Waals surface area contributed by atoms with Crippen LogP contribution in [0.3, 0.4) is 0 Å². The van der Waals surface area contributed by atoms with E-state index in [2.05, 4.69) is 63.2 Å². The SMILES string of the molecule is CN=C(NCc1ccc(C)cc1OC1CCOC1)NCC(c1cccs1)N1CCCC1.I. The lowest BCUT2D eigenvalue weighted by atomic mass is 10.1. The summed E-state index contributed by atoms with van der Waals surface area (Å²) in [4.78, 5) is 8.45. The molecule has 2 aliphatic heterocycles. The van der Waals surface area contributed by atoms with Crippen LogP contribution in [-0.2, 0) is 11.3 Å². The van der Waals surface area contributed by atoms with Crippen molar-refractivity contribution < 1.29 is 9.47 Å². The van der Waals surface area contributed by atoms with Crippen molar-refractivity contribution in [3.8, 4) is 5.75 Å². The lowest BCUT2D eigenvalue weighted by molar-refractivity contribution is 0.140. The number of halogens is 1. The number of likely N-dealkylation sites (tertiary alicyclic amines) is 1. The molecule has 1 aromatic heterocycles. The highest BCUT2D eigenvalue weighted by Gasteiger charge is 2.24. The normalized spacial score (nSPS) is 20.1. The van der Waals surface area contributed by atoms with E-state index < -0.39 is 0 Å². The maximum absolute atomic E-state index is 6.24. The van der Waals surface area contributed by atoms with Gasteiger partial charge in [0.25, 0.3) is 0 Å². The Labute approximate surface area is 212 Å². The molecule has 0 spiro atoms. The number of ether oxygens (including phenoxy) is 2. The Bertz CT molecular complexity index is 850. The van der Waals surface area contributed by atoms with Gasteiger partial charge in [-0.15, -0.1) is 35.3 Å². The molecule has 2 aromatic rings. The van der Waals surface area contributed by atoms with Crippen molar-refractivity contribution in [2.24, 2.45) is 4.99 Å². The summed E-state index contributed by atoms with van der Waals surface area (Å²) in [5, 5.41) is 9.19. The number of nitrogens with one attached hydrogen (secondary N) is 2. The lowest BCUT2D eigenvalue weighted by Gasteiger charge is -2.27. The first-order chi connectivity index (χ1) is 15.2. The minimum absolute atomic E-state index is 0.